The Bertz CT molecular complexity index is 1620. The van der Waals surface area contributed by atoms with Gasteiger partial charge in [-0.3, -0.25) is 9.59 Å². The smallest absolute Gasteiger partial charge is 0.407 e. The average molecular weight is 653 g/mol. The Kier molecular flexibility index (Phi) is 10.7. The van der Waals surface area contributed by atoms with Crippen molar-refractivity contribution in [3.05, 3.63) is 108 Å². The number of likely N-dealkylation sites (N-methyl/N-ethyl adjacent to an activating group) is 1. The fourth-order valence-electron chi connectivity index (χ4n) is 6.33. The maximum Gasteiger partial charge on any atom is 0.407 e. The zero-order valence-corrected chi connectivity index (χ0v) is 28.2. The van der Waals surface area contributed by atoms with Crippen LogP contribution in [-0.4, -0.2) is 60.2 Å². The molecule has 48 heavy (non-hydrogen) atoms. The third-order valence-corrected chi connectivity index (χ3v) is 8.83. The molecule has 0 radical (unpaired) electrons. The molecule has 9 heteroatoms. The van der Waals surface area contributed by atoms with E-state index < -0.39 is 47.7 Å². The Morgan fingerprint density at radius 1 is 0.875 bits per heavy atom. The first-order valence-electron chi connectivity index (χ1n) is 16.4. The van der Waals surface area contributed by atoms with Gasteiger partial charge in [-0.15, -0.1) is 0 Å². The van der Waals surface area contributed by atoms with Crippen molar-refractivity contribution >= 4 is 23.9 Å². The van der Waals surface area contributed by atoms with E-state index >= 15 is 0 Å². The van der Waals surface area contributed by atoms with E-state index in [-0.39, 0.29) is 37.7 Å². The summed E-state index contributed by atoms with van der Waals surface area (Å²) in [6.07, 6.45) is 2.13. The highest BCUT2D eigenvalue weighted by Crippen LogP contribution is 2.44. The molecule has 0 bridgehead atoms. The lowest BCUT2D eigenvalue weighted by molar-refractivity contribution is -0.161. The standard InChI is InChI=1S/C39H44N2O7/c1-25-35(26-15-7-6-8-16-26)47-37(44)33(22-14-9-17-27(36(43)41(25)5)23-34(42)48-39(2,3)4)40-38(45)46-24-32-30-20-12-10-18-28(30)29-19-11-13-21-31(29)32/h6-16,18-21,25,27,32-33,35H,17,22-24H2,1-5H3,(H,40,45)/b14-9+/t25-,27-,33-,35-/m0/s1. The lowest BCUT2D eigenvalue weighted by Gasteiger charge is -2.35. The molecule has 0 aromatic heterocycles. The number of alkyl carbamates (subject to hydrolysis) is 1. The van der Waals surface area contributed by atoms with E-state index in [2.05, 4.69) is 17.4 Å². The summed E-state index contributed by atoms with van der Waals surface area (Å²) < 4.78 is 17.3. The summed E-state index contributed by atoms with van der Waals surface area (Å²) in [6.45, 7) is 7.24. The number of hydrogen-bond donors (Lipinski definition) is 1. The number of amides is 2. The third-order valence-electron chi connectivity index (χ3n) is 8.83. The molecule has 1 aliphatic carbocycles. The molecule has 9 nitrogen and oxygen atoms in total. The maximum atomic E-state index is 13.7. The van der Waals surface area contributed by atoms with Crippen LogP contribution in [0.4, 0.5) is 4.79 Å². The SMILES string of the molecule is C[C@H]1[C@@H](c2ccccc2)OC(=O)[C@@H](NC(=O)OCC2c3ccccc3-c3ccccc32)C/C=C/C[C@@H](CC(=O)OC(C)(C)C)C(=O)N1C. The van der Waals surface area contributed by atoms with E-state index in [4.69, 9.17) is 14.2 Å². The van der Waals surface area contributed by atoms with Crippen molar-refractivity contribution < 1.29 is 33.4 Å². The highest BCUT2D eigenvalue weighted by molar-refractivity contribution is 5.85. The normalized spacial score (nSPS) is 22.3. The third kappa shape index (κ3) is 8.13. The van der Waals surface area contributed by atoms with Crippen molar-refractivity contribution in [2.24, 2.45) is 5.92 Å². The van der Waals surface area contributed by atoms with Gasteiger partial charge in [0.1, 0.15) is 24.4 Å². The monoisotopic (exact) mass is 652 g/mol. The largest absolute Gasteiger partial charge is 0.460 e. The van der Waals surface area contributed by atoms with Crippen LogP contribution in [-0.2, 0) is 28.6 Å². The lowest BCUT2D eigenvalue weighted by atomic mass is 9.95. The maximum absolute atomic E-state index is 13.7. The fraction of sp³-hybridized carbons (Fsp3) is 0.385. The molecular weight excluding hydrogens is 608 g/mol. The molecule has 0 fully saturated rings. The van der Waals surface area contributed by atoms with Crippen molar-refractivity contribution in [2.45, 2.75) is 76.7 Å². The van der Waals surface area contributed by atoms with E-state index in [0.29, 0.717) is 5.56 Å². The quantitative estimate of drug-likeness (QED) is 0.179. The second-order valence-electron chi connectivity index (χ2n) is 13.4. The van der Waals surface area contributed by atoms with Crippen LogP contribution in [0.25, 0.3) is 11.1 Å². The number of fused-ring (bicyclic) bond motifs is 3. The first-order valence-corrected chi connectivity index (χ1v) is 16.4. The Labute approximate surface area is 282 Å². The predicted molar refractivity (Wildman–Crippen MR) is 182 cm³/mol. The van der Waals surface area contributed by atoms with Crippen LogP contribution in [0, 0.1) is 5.92 Å². The van der Waals surface area contributed by atoms with Crippen LogP contribution in [0.3, 0.4) is 0 Å². The minimum absolute atomic E-state index is 0.0976. The van der Waals surface area contributed by atoms with E-state index in [1.165, 1.54) is 4.90 Å². The summed E-state index contributed by atoms with van der Waals surface area (Å²) in [6, 6.07) is 23.6. The van der Waals surface area contributed by atoms with Crippen LogP contribution >= 0.6 is 0 Å². The van der Waals surface area contributed by atoms with Gasteiger partial charge in [-0.25, -0.2) is 9.59 Å². The zero-order valence-electron chi connectivity index (χ0n) is 28.2. The number of cyclic esters (lactones) is 1. The zero-order chi connectivity index (χ0) is 34.4. The predicted octanol–water partition coefficient (Wildman–Crippen LogP) is 6.72. The number of rotatable bonds is 6. The molecule has 0 spiro atoms. The van der Waals surface area contributed by atoms with Gasteiger partial charge < -0.3 is 24.4 Å². The molecule has 3 aromatic carbocycles. The highest BCUT2D eigenvalue weighted by atomic mass is 16.6. The molecule has 0 unspecified atom stereocenters. The molecule has 3 aromatic rings. The van der Waals surface area contributed by atoms with Crippen LogP contribution in [0.2, 0.25) is 0 Å². The van der Waals surface area contributed by atoms with Crippen LogP contribution in [0.15, 0.2) is 91.0 Å². The molecule has 0 saturated carbocycles. The number of hydrogen-bond acceptors (Lipinski definition) is 7. The average Bonchev–Trinajstić information content (AvgIpc) is 3.38. The van der Waals surface area contributed by atoms with E-state index in [9.17, 15) is 19.2 Å². The van der Waals surface area contributed by atoms with Crippen LogP contribution < -0.4 is 5.32 Å². The first-order chi connectivity index (χ1) is 22.9. The van der Waals surface area contributed by atoms with E-state index in [0.717, 1.165) is 22.3 Å². The number of carbonyl (C=O) groups excluding carboxylic acids is 4. The highest BCUT2D eigenvalue weighted by Gasteiger charge is 2.36. The summed E-state index contributed by atoms with van der Waals surface area (Å²) >= 11 is 0. The number of allylic oxidation sites excluding steroid dienone is 1. The Balaban J connectivity index is 1.35. The van der Waals surface area contributed by atoms with Gasteiger partial charge in [0.2, 0.25) is 5.91 Å². The molecule has 2 aliphatic rings. The van der Waals surface area contributed by atoms with Gasteiger partial charge >= 0.3 is 18.0 Å². The van der Waals surface area contributed by atoms with Crippen LogP contribution in [0.5, 0.6) is 0 Å². The van der Waals surface area contributed by atoms with Gasteiger partial charge in [0, 0.05) is 13.0 Å². The second-order valence-corrected chi connectivity index (χ2v) is 13.4. The Hall–Kier alpha value is -4.92. The Morgan fingerprint density at radius 3 is 2.08 bits per heavy atom. The van der Waals surface area contributed by atoms with Gasteiger partial charge in [0.15, 0.2) is 0 Å². The second kappa shape index (κ2) is 14.9. The minimum Gasteiger partial charge on any atom is -0.460 e. The Morgan fingerprint density at radius 2 is 1.46 bits per heavy atom. The van der Waals surface area contributed by atoms with Gasteiger partial charge in [0.05, 0.1) is 18.4 Å². The number of nitrogens with one attached hydrogen (secondary N) is 1. The molecule has 1 N–H and O–H groups in total. The number of benzene rings is 3. The number of carbonyl (C=O) groups is 4. The molecule has 1 heterocycles. The molecular formula is C39H44N2O7. The van der Waals surface area contributed by atoms with Crippen molar-refractivity contribution in [2.75, 3.05) is 13.7 Å². The van der Waals surface area contributed by atoms with Crippen molar-refractivity contribution in [3.63, 3.8) is 0 Å². The molecule has 0 saturated heterocycles. The summed E-state index contributed by atoms with van der Waals surface area (Å²) in [5.74, 6) is -2.21. The van der Waals surface area contributed by atoms with Crippen LogP contribution in [0.1, 0.15) is 75.7 Å². The summed E-state index contributed by atoms with van der Waals surface area (Å²) in [7, 11) is 1.64. The molecule has 252 valence electrons. The molecule has 2 amide bonds. The summed E-state index contributed by atoms with van der Waals surface area (Å²) in [5.41, 5.74) is 4.40. The number of nitrogens with zero attached hydrogens (tertiary/aromatic N) is 1. The van der Waals surface area contributed by atoms with Crippen molar-refractivity contribution in [1.82, 2.24) is 10.2 Å². The first kappa shape index (κ1) is 34.4. The van der Waals surface area contributed by atoms with Gasteiger partial charge in [-0.2, -0.15) is 0 Å². The molecule has 4 atom stereocenters. The minimum atomic E-state index is -1.06. The van der Waals surface area contributed by atoms with Gasteiger partial charge in [-0.1, -0.05) is 91.0 Å². The number of ether oxygens (including phenoxy) is 3. The van der Waals surface area contributed by atoms with E-state index in [1.54, 1.807) is 46.9 Å². The molecule has 5 rings (SSSR count). The fourth-order valence-corrected chi connectivity index (χ4v) is 6.33. The number of esters is 2. The van der Waals surface area contributed by atoms with Crippen molar-refractivity contribution in [3.8, 4) is 11.1 Å². The van der Waals surface area contributed by atoms with Gasteiger partial charge in [-0.05, 0) is 68.4 Å². The van der Waals surface area contributed by atoms with E-state index in [1.807, 2.05) is 66.7 Å². The van der Waals surface area contributed by atoms with Crippen molar-refractivity contribution in [1.29, 1.82) is 0 Å². The molecule has 1 aliphatic heterocycles. The topological polar surface area (TPSA) is 111 Å². The summed E-state index contributed by atoms with van der Waals surface area (Å²) in [5, 5.41) is 2.73. The summed E-state index contributed by atoms with van der Waals surface area (Å²) in [4.78, 5) is 55.0. The van der Waals surface area contributed by atoms with Gasteiger partial charge in [0.25, 0.3) is 0 Å². The lowest BCUT2D eigenvalue weighted by Crippen LogP contribution is -2.47.